The summed E-state index contributed by atoms with van der Waals surface area (Å²) in [6, 6.07) is 0.319. The number of carbonyl (C=O) groups excluding carboxylic acids is 1. The fraction of sp³-hybridized carbons (Fsp3) is 0.500. The Balaban J connectivity index is 2.69. The van der Waals surface area contributed by atoms with Crippen molar-refractivity contribution < 1.29 is 4.79 Å². The lowest BCUT2D eigenvalue weighted by molar-refractivity contribution is -0.128. The quantitative estimate of drug-likeness (QED) is 0.454. The lowest BCUT2D eigenvalue weighted by atomic mass is 10.3. The van der Waals surface area contributed by atoms with Crippen LogP contribution in [0, 0.1) is 6.92 Å². The molecule has 2 nitrogen and oxygen atoms in total. The summed E-state index contributed by atoms with van der Waals surface area (Å²) in [6.45, 7) is 9.02. The van der Waals surface area contributed by atoms with E-state index < -0.39 is 0 Å². The van der Waals surface area contributed by atoms with Gasteiger partial charge in [0.1, 0.15) is 0 Å². The molecule has 0 spiro atoms. The fourth-order valence-corrected chi connectivity index (χ4v) is 1.28. The molecule has 0 saturated heterocycles. The summed E-state index contributed by atoms with van der Waals surface area (Å²) in [6.07, 6.45) is 3.96. The molecular formula is C8H11NO. The molecule has 2 heteroatoms. The van der Waals surface area contributed by atoms with Crippen molar-refractivity contribution >= 4 is 5.91 Å². The van der Waals surface area contributed by atoms with Crippen LogP contribution in [0.15, 0.2) is 12.2 Å². The van der Waals surface area contributed by atoms with Gasteiger partial charge in [-0.1, -0.05) is 12.2 Å². The zero-order valence-corrected chi connectivity index (χ0v) is 6.24. The third-order valence-electron chi connectivity index (χ3n) is 1.80. The average Bonchev–Trinajstić information content (AvgIpc) is 2.11. The number of hydrogen-bond acceptors (Lipinski definition) is 1. The summed E-state index contributed by atoms with van der Waals surface area (Å²) in [7, 11) is 0. The standard InChI is InChI=1S/C8H11NO/c1-6-4-5-7(2)9(6)8(3)10/h3-7H,1-2H3. The first-order valence-corrected chi connectivity index (χ1v) is 3.39. The molecule has 0 aromatic heterocycles. The van der Waals surface area contributed by atoms with Crippen LogP contribution in [0.4, 0.5) is 0 Å². The van der Waals surface area contributed by atoms with Gasteiger partial charge in [-0.05, 0) is 13.8 Å². The highest BCUT2D eigenvalue weighted by molar-refractivity contribution is 5.81. The third kappa shape index (κ3) is 1.06. The second-order valence-corrected chi connectivity index (χ2v) is 2.61. The van der Waals surface area contributed by atoms with E-state index in [1.54, 1.807) is 4.90 Å². The lowest BCUT2D eigenvalue weighted by Crippen LogP contribution is -2.37. The van der Waals surface area contributed by atoms with Crippen molar-refractivity contribution in [2.75, 3.05) is 0 Å². The second-order valence-electron chi connectivity index (χ2n) is 2.61. The highest BCUT2D eigenvalue weighted by atomic mass is 16.2. The van der Waals surface area contributed by atoms with Crippen LogP contribution in [0.25, 0.3) is 0 Å². The van der Waals surface area contributed by atoms with Gasteiger partial charge in [0.15, 0.2) is 0 Å². The van der Waals surface area contributed by atoms with Gasteiger partial charge in [-0.3, -0.25) is 4.79 Å². The third-order valence-corrected chi connectivity index (χ3v) is 1.80. The molecule has 0 fully saturated rings. The number of rotatable bonds is 0. The summed E-state index contributed by atoms with van der Waals surface area (Å²) in [5.74, 6) is -0.343. The van der Waals surface area contributed by atoms with E-state index in [-0.39, 0.29) is 18.0 Å². The Labute approximate surface area is 61.5 Å². The summed E-state index contributed by atoms with van der Waals surface area (Å²) >= 11 is 0. The maximum absolute atomic E-state index is 10.7. The highest BCUT2D eigenvalue weighted by Crippen LogP contribution is 2.15. The molecular weight excluding hydrogens is 126 g/mol. The van der Waals surface area contributed by atoms with E-state index >= 15 is 0 Å². The van der Waals surface area contributed by atoms with Gasteiger partial charge in [0.05, 0.1) is 6.92 Å². The Morgan fingerprint density at radius 3 is 2.00 bits per heavy atom. The number of amides is 1. The molecule has 2 atom stereocenters. The molecule has 0 bridgehead atoms. The molecule has 1 heterocycles. The molecule has 0 aromatic carbocycles. The predicted octanol–water partition coefficient (Wildman–Crippen LogP) is 0.873. The Bertz CT molecular complexity index is 162. The SMILES string of the molecule is [CH]C(=O)N1C(C)C=CC1C. The molecule has 1 aliphatic heterocycles. The van der Waals surface area contributed by atoms with E-state index in [1.807, 2.05) is 26.0 Å². The Kier molecular flexibility index (Phi) is 1.79. The van der Waals surface area contributed by atoms with Gasteiger partial charge < -0.3 is 4.90 Å². The van der Waals surface area contributed by atoms with Crippen molar-refractivity contribution in [2.24, 2.45) is 0 Å². The largest absolute Gasteiger partial charge is 0.330 e. The van der Waals surface area contributed by atoms with Crippen LogP contribution in [-0.2, 0) is 4.79 Å². The average molecular weight is 137 g/mol. The Morgan fingerprint density at radius 1 is 1.40 bits per heavy atom. The first-order chi connectivity index (χ1) is 4.63. The first-order valence-electron chi connectivity index (χ1n) is 3.39. The van der Waals surface area contributed by atoms with Gasteiger partial charge in [-0.15, -0.1) is 0 Å². The molecule has 0 saturated carbocycles. The lowest BCUT2D eigenvalue weighted by Gasteiger charge is -2.24. The van der Waals surface area contributed by atoms with Crippen molar-refractivity contribution in [3.8, 4) is 0 Å². The molecule has 0 aromatic rings. The van der Waals surface area contributed by atoms with Gasteiger partial charge in [0, 0.05) is 12.1 Å². The molecule has 2 radical (unpaired) electrons. The zero-order valence-electron chi connectivity index (χ0n) is 6.24. The van der Waals surface area contributed by atoms with Gasteiger partial charge in [-0.25, -0.2) is 0 Å². The van der Waals surface area contributed by atoms with Crippen LogP contribution in [-0.4, -0.2) is 22.9 Å². The number of hydrogen-bond donors (Lipinski definition) is 0. The van der Waals surface area contributed by atoms with E-state index in [0.29, 0.717) is 0 Å². The van der Waals surface area contributed by atoms with Crippen molar-refractivity contribution in [3.63, 3.8) is 0 Å². The van der Waals surface area contributed by atoms with Crippen LogP contribution in [0.5, 0.6) is 0 Å². The van der Waals surface area contributed by atoms with E-state index in [0.717, 1.165) is 0 Å². The minimum atomic E-state index is -0.343. The van der Waals surface area contributed by atoms with Crippen LogP contribution >= 0.6 is 0 Å². The smallest absolute Gasteiger partial charge is 0.228 e. The van der Waals surface area contributed by atoms with Gasteiger partial charge in [0.2, 0.25) is 5.91 Å². The molecule has 2 unspecified atom stereocenters. The monoisotopic (exact) mass is 137 g/mol. The van der Waals surface area contributed by atoms with E-state index in [9.17, 15) is 4.79 Å². The summed E-state index contributed by atoms with van der Waals surface area (Å²) in [5.41, 5.74) is 0. The van der Waals surface area contributed by atoms with Crippen LogP contribution in [0.1, 0.15) is 13.8 Å². The van der Waals surface area contributed by atoms with Gasteiger partial charge in [0.25, 0.3) is 0 Å². The second kappa shape index (κ2) is 2.45. The number of nitrogens with zero attached hydrogens (tertiary/aromatic N) is 1. The Morgan fingerprint density at radius 2 is 1.80 bits per heavy atom. The minimum absolute atomic E-state index is 0.160. The topological polar surface area (TPSA) is 20.3 Å². The van der Waals surface area contributed by atoms with Crippen LogP contribution < -0.4 is 0 Å². The highest BCUT2D eigenvalue weighted by Gasteiger charge is 2.23. The molecule has 0 N–H and O–H groups in total. The molecule has 0 aliphatic carbocycles. The maximum atomic E-state index is 10.7. The van der Waals surface area contributed by atoms with Crippen molar-refractivity contribution in [1.29, 1.82) is 0 Å². The maximum Gasteiger partial charge on any atom is 0.228 e. The zero-order chi connectivity index (χ0) is 7.72. The molecule has 10 heavy (non-hydrogen) atoms. The first kappa shape index (κ1) is 7.32. The van der Waals surface area contributed by atoms with Gasteiger partial charge >= 0.3 is 0 Å². The molecule has 1 rings (SSSR count). The van der Waals surface area contributed by atoms with Crippen LogP contribution in [0.2, 0.25) is 0 Å². The van der Waals surface area contributed by atoms with Crippen molar-refractivity contribution in [2.45, 2.75) is 25.9 Å². The summed E-state index contributed by atoms with van der Waals surface area (Å²) in [5, 5.41) is 0. The van der Waals surface area contributed by atoms with Crippen molar-refractivity contribution in [1.82, 2.24) is 4.90 Å². The van der Waals surface area contributed by atoms with E-state index in [4.69, 9.17) is 6.92 Å². The van der Waals surface area contributed by atoms with E-state index in [1.165, 1.54) is 0 Å². The van der Waals surface area contributed by atoms with E-state index in [2.05, 4.69) is 0 Å². The molecule has 1 amide bonds. The van der Waals surface area contributed by atoms with Crippen molar-refractivity contribution in [3.05, 3.63) is 19.1 Å². The normalized spacial score (nSPS) is 31.3. The van der Waals surface area contributed by atoms with Gasteiger partial charge in [-0.2, -0.15) is 0 Å². The fourth-order valence-electron chi connectivity index (χ4n) is 1.28. The molecule has 54 valence electrons. The minimum Gasteiger partial charge on any atom is -0.330 e. The Hall–Kier alpha value is -0.790. The summed E-state index contributed by atoms with van der Waals surface area (Å²) < 4.78 is 0. The van der Waals surface area contributed by atoms with Crippen LogP contribution in [0.3, 0.4) is 0 Å². The number of carbonyl (C=O) groups is 1. The predicted molar refractivity (Wildman–Crippen MR) is 39.2 cm³/mol. The summed E-state index contributed by atoms with van der Waals surface area (Å²) in [4.78, 5) is 12.4. The molecule has 1 aliphatic rings.